The second-order valence-corrected chi connectivity index (χ2v) is 6.31. The van der Waals surface area contributed by atoms with Crippen molar-refractivity contribution in [2.24, 2.45) is 0 Å². The molecule has 1 amide bonds. The van der Waals surface area contributed by atoms with E-state index in [4.69, 9.17) is 15.2 Å². The van der Waals surface area contributed by atoms with Crippen molar-refractivity contribution in [2.75, 3.05) is 18.8 Å². The molecule has 0 aliphatic carbocycles. The number of pyridine rings is 1. The molecule has 2 N–H and O–H groups in total. The number of aromatic nitrogens is 1. The molecule has 0 unspecified atom stereocenters. The normalized spacial score (nSPS) is 22.3. The van der Waals surface area contributed by atoms with Crippen molar-refractivity contribution in [2.45, 2.75) is 45.1 Å². The lowest BCUT2D eigenvalue weighted by Gasteiger charge is -2.35. The topological polar surface area (TPSA) is 77.7 Å². The molecule has 2 rings (SSSR count). The summed E-state index contributed by atoms with van der Waals surface area (Å²) in [5, 5.41) is 0. The maximum absolute atomic E-state index is 14.2. The van der Waals surface area contributed by atoms with Gasteiger partial charge in [-0.05, 0) is 32.9 Å². The van der Waals surface area contributed by atoms with Crippen LogP contribution in [0.2, 0.25) is 0 Å². The number of hydrogen-bond acceptors (Lipinski definition) is 5. The van der Waals surface area contributed by atoms with Gasteiger partial charge in [-0.2, -0.15) is 0 Å². The number of piperidine rings is 1. The van der Waals surface area contributed by atoms with Crippen LogP contribution in [0, 0.1) is 0 Å². The van der Waals surface area contributed by atoms with Crippen molar-refractivity contribution < 1.29 is 18.7 Å². The Balaban J connectivity index is 1.90. The second-order valence-electron chi connectivity index (χ2n) is 6.31. The molecule has 1 saturated heterocycles. The molecule has 0 bridgehead atoms. The number of nitrogen functional groups attached to an aromatic ring is 1. The number of alkyl halides is 1. The summed E-state index contributed by atoms with van der Waals surface area (Å²) in [5.41, 5.74) is 4.90. The van der Waals surface area contributed by atoms with Crippen LogP contribution in [0.25, 0.3) is 0 Å². The molecule has 7 heteroatoms. The number of nitrogens with two attached hydrogens (primary N) is 1. The number of amides is 1. The number of hydrogen-bond donors (Lipinski definition) is 1. The zero-order valence-corrected chi connectivity index (χ0v) is 13.1. The number of likely N-dealkylation sites (tertiary alicyclic amines) is 1. The van der Waals surface area contributed by atoms with Crippen molar-refractivity contribution in [3.63, 3.8) is 0 Å². The molecule has 0 spiro atoms. The quantitative estimate of drug-likeness (QED) is 0.907. The number of rotatable bonds is 2. The number of carbonyl (C=O) groups excluding carboxylic acids is 1. The highest BCUT2D eigenvalue weighted by molar-refractivity contribution is 5.68. The van der Waals surface area contributed by atoms with Gasteiger partial charge in [0.1, 0.15) is 23.3 Å². The van der Waals surface area contributed by atoms with Crippen molar-refractivity contribution >= 4 is 11.9 Å². The lowest BCUT2D eigenvalue weighted by molar-refractivity contribution is -0.0106. The zero-order chi connectivity index (χ0) is 16.3. The minimum absolute atomic E-state index is 0.0397. The lowest BCUT2D eigenvalue weighted by atomic mass is 10.1. The summed E-state index contributed by atoms with van der Waals surface area (Å²) in [4.78, 5) is 17.2. The highest BCUT2D eigenvalue weighted by Gasteiger charge is 2.34. The van der Waals surface area contributed by atoms with Crippen molar-refractivity contribution in [1.29, 1.82) is 0 Å². The van der Waals surface area contributed by atoms with Crippen LogP contribution in [0.1, 0.15) is 27.2 Å². The molecule has 0 saturated carbocycles. The van der Waals surface area contributed by atoms with Crippen LogP contribution in [-0.4, -0.2) is 46.9 Å². The number of ether oxygens (including phenoxy) is 2. The fourth-order valence-corrected chi connectivity index (χ4v) is 2.14. The summed E-state index contributed by atoms with van der Waals surface area (Å²) in [6, 6.07) is 3.24. The Bertz CT molecular complexity index is 516. The Morgan fingerprint density at radius 2 is 2.18 bits per heavy atom. The fourth-order valence-electron chi connectivity index (χ4n) is 2.14. The van der Waals surface area contributed by atoms with Crippen molar-refractivity contribution in [3.05, 3.63) is 18.3 Å². The molecule has 1 aromatic heterocycles. The number of halogens is 1. The predicted molar refractivity (Wildman–Crippen MR) is 80.4 cm³/mol. The van der Waals surface area contributed by atoms with Gasteiger partial charge in [0.05, 0.1) is 12.7 Å². The first-order valence-corrected chi connectivity index (χ1v) is 7.25. The van der Waals surface area contributed by atoms with Gasteiger partial charge in [-0.3, -0.25) is 0 Å². The van der Waals surface area contributed by atoms with E-state index in [0.717, 1.165) is 0 Å². The zero-order valence-electron chi connectivity index (χ0n) is 13.1. The lowest BCUT2D eigenvalue weighted by Crippen LogP contribution is -2.50. The summed E-state index contributed by atoms with van der Waals surface area (Å²) in [6.07, 6.45) is -0.529. The van der Waals surface area contributed by atoms with Gasteiger partial charge in [0.2, 0.25) is 0 Å². The molecule has 2 heterocycles. The summed E-state index contributed by atoms with van der Waals surface area (Å²) in [7, 11) is 0. The third-order valence-corrected chi connectivity index (χ3v) is 3.18. The number of anilines is 1. The van der Waals surface area contributed by atoms with E-state index in [1.54, 1.807) is 32.9 Å². The van der Waals surface area contributed by atoms with E-state index in [9.17, 15) is 9.18 Å². The standard InChI is InChI=1S/C15H22FN3O3/c1-15(2,3)22-14(20)19-7-6-12(11(16)9-19)21-10-4-5-13(17)18-8-10/h4-5,8,11-12H,6-7,9H2,1-3H3,(H2,17,18)/t11-,12-/m1/s1. The molecule has 2 atom stereocenters. The first-order valence-electron chi connectivity index (χ1n) is 7.25. The smallest absolute Gasteiger partial charge is 0.410 e. The van der Waals surface area contributed by atoms with Crippen LogP contribution in [-0.2, 0) is 4.74 Å². The van der Waals surface area contributed by atoms with Gasteiger partial charge in [0.15, 0.2) is 6.17 Å². The van der Waals surface area contributed by atoms with Gasteiger partial charge >= 0.3 is 6.09 Å². The number of nitrogens with zero attached hydrogens (tertiary/aromatic N) is 2. The molecule has 1 fully saturated rings. The van der Waals surface area contributed by atoms with E-state index in [-0.39, 0.29) is 6.54 Å². The molecular formula is C15H22FN3O3. The second kappa shape index (κ2) is 6.37. The van der Waals surface area contributed by atoms with E-state index in [2.05, 4.69) is 4.98 Å². The highest BCUT2D eigenvalue weighted by Crippen LogP contribution is 2.22. The fraction of sp³-hybridized carbons (Fsp3) is 0.600. The molecular weight excluding hydrogens is 289 g/mol. The Morgan fingerprint density at radius 3 is 2.73 bits per heavy atom. The van der Waals surface area contributed by atoms with Gasteiger partial charge in [-0.25, -0.2) is 14.2 Å². The maximum Gasteiger partial charge on any atom is 0.410 e. The first kappa shape index (κ1) is 16.3. The molecule has 22 heavy (non-hydrogen) atoms. The Hall–Kier alpha value is -2.05. The maximum atomic E-state index is 14.2. The average molecular weight is 311 g/mol. The van der Waals surface area contributed by atoms with Crippen LogP contribution in [0.15, 0.2) is 18.3 Å². The summed E-state index contributed by atoms with van der Waals surface area (Å²) < 4.78 is 25.1. The minimum atomic E-state index is -1.28. The van der Waals surface area contributed by atoms with E-state index in [0.29, 0.717) is 24.5 Å². The van der Waals surface area contributed by atoms with Crippen LogP contribution in [0.5, 0.6) is 5.75 Å². The monoisotopic (exact) mass is 311 g/mol. The molecule has 122 valence electrons. The largest absolute Gasteiger partial charge is 0.486 e. The average Bonchev–Trinajstić information content (AvgIpc) is 2.41. The van der Waals surface area contributed by atoms with Gasteiger partial charge in [0.25, 0.3) is 0 Å². The van der Waals surface area contributed by atoms with E-state index in [1.165, 1.54) is 11.1 Å². The van der Waals surface area contributed by atoms with Crippen molar-refractivity contribution in [1.82, 2.24) is 9.88 Å². The van der Waals surface area contributed by atoms with Gasteiger partial charge in [0, 0.05) is 13.0 Å². The van der Waals surface area contributed by atoms with Gasteiger partial charge in [-0.15, -0.1) is 0 Å². The summed E-state index contributed by atoms with van der Waals surface area (Å²) >= 11 is 0. The molecule has 6 nitrogen and oxygen atoms in total. The van der Waals surface area contributed by atoms with E-state index < -0.39 is 24.0 Å². The predicted octanol–water partition coefficient (Wildman–Crippen LogP) is 2.39. The molecule has 0 aromatic carbocycles. The Kier molecular flexibility index (Phi) is 4.73. The molecule has 0 radical (unpaired) electrons. The van der Waals surface area contributed by atoms with E-state index >= 15 is 0 Å². The first-order chi connectivity index (χ1) is 10.2. The highest BCUT2D eigenvalue weighted by atomic mass is 19.1. The van der Waals surface area contributed by atoms with E-state index in [1.807, 2.05) is 0 Å². The Labute approximate surface area is 129 Å². The van der Waals surface area contributed by atoms with Crippen LogP contribution in [0.3, 0.4) is 0 Å². The van der Waals surface area contributed by atoms with Crippen molar-refractivity contribution in [3.8, 4) is 5.75 Å². The van der Waals surface area contributed by atoms with Crippen LogP contribution < -0.4 is 10.5 Å². The molecule has 1 aliphatic rings. The Morgan fingerprint density at radius 1 is 1.45 bits per heavy atom. The molecule has 1 aromatic rings. The third kappa shape index (κ3) is 4.47. The van der Waals surface area contributed by atoms with Crippen LogP contribution >= 0.6 is 0 Å². The summed E-state index contributed by atoms with van der Waals surface area (Å²) in [6.45, 7) is 5.69. The minimum Gasteiger partial charge on any atom is -0.486 e. The SMILES string of the molecule is CC(C)(C)OC(=O)N1CC[C@@H](Oc2ccc(N)nc2)[C@H](F)C1. The summed E-state index contributed by atoms with van der Waals surface area (Å²) in [5.74, 6) is 0.844. The third-order valence-electron chi connectivity index (χ3n) is 3.18. The van der Waals surface area contributed by atoms with Gasteiger partial charge < -0.3 is 20.1 Å². The van der Waals surface area contributed by atoms with Crippen LogP contribution in [0.4, 0.5) is 15.0 Å². The number of carbonyl (C=O) groups is 1. The van der Waals surface area contributed by atoms with Gasteiger partial charge in [-0.1, -0.05) is 0 Å². The molecule has 1 aliphatic heterocycles.